The number of hydrogen-bond acceptors (Lipinski definition) is 4. The third-order valence-electron chi connectivity index (χ3n) is 3.89. The largest absolute Gasteiger partial charge is 0.323 e. The zero-order valence-corrected chi connectivity index (χ0v) is 13.1. The van der Waals surface area contributed by atoms with Crippen LogP contribution >= 0.6 is 12.4 Å². The first-order valence-corrected chi connectivity index (χ1v) is 7.13. The average molecular weight is 319 g/mol. The monoisotopic (exact) mass is 318 g/mol. The van der Waals surface area contributed by atoms with Crippen molar-refractivity contribution in [3.63, 3.8) is 0 Å². The molecule has 2 heterocycles. The number of benzene rings is 1. The van der Waals surface area contributed by atoms with Crippen LogP contribution in [0.1, 0.15) is 6.92 Å². The molecule has 1 amide bonds. The molecule has 0 saturated carbocycles. The lowest BCUT2D eigenvalue weighted by Crippen LogP contribution is -2.48. The molecule has 0 aliphatic carbocycles. The number of aromatic nitrogens is 2. The highest BCUT2D eigenvalue weighted by Crippen LogP contribution is 2.19. The predicted molar refractivity (Wildman–Crippen MR) is 88.9 cm³/mol. The molecule has 1 aliphatic heterocycles. The van der Waals surface area contributed by atoms with E-state index in [1.54, 1.807) is 12.4 Å². The van der Waals surface area contributed by atoms with Gasteiger partial charge in [-0.05, 0) is 19.0 Å². The minimum absolute atomic E-state index is 0. The molecule has 1 aromatic carbocycles. The number of carbonyl (C=O) groups excluding carboxylic acids is 1. The maximum atomic E-state index is 12.1. The summed E-state index contributed by atoms with van der Waals surface area (Å²) in [5.74, 6) is 1.11. The fourth-order valence-electron chi connectivity index (χ4n) is 2.26. The molecule has 1 atom stereocenters. The van der Waals surface area contributed by atoms with Gasteiger partial charge in [0.1, 0.15) is 0 Å². The summed E-state index contributed by atoms with van der Waals surface area (Å²) < 4.78 is 0. The van der Waals surface area contributed by atoms with Gasteiger partial charge in [0.25, 0.3) is 0 Å². The summed E-state index contributed by atoms with van der Waals surface area (Å²) in [7, 11) is 0. The molecular weight excluding hydrogens is 300 g/mol. The van der Waals surface area contributed by atoms with E-state index in [9.17, 15) is 4.79 Å². The van der Waals surface area contributed by atoms with Crippen molar-refractivity contribution in [3.05, 3.63) is 42.7 Å². The van der Waals surface area contributed by atoms with Crippen LogP contribution in [0.4, 0.5) is 5.69 Å². The Morgan fingerprint density at radius 1 is 1.23 bits per heavy atom. The first-order valence-electron chi connectivity index (χ1n) is 7.13. The molecule has 3 rings (SSSR count). The van der Waals surface area contributed by atoms with Gasteiger partial charge in [0, 0.05) is 11.5 Å². The Morgan fingerprint density at radius 2 is 1.86 bits per heavy atom. The van der Waals surface area contributed by atoms with E-state index in [0.29, 0.717) is 17.4 Å². The minimum Gasteiger partial charge on any atom is -0.323 e. The van der Waals surface area contributed by atoms with E-state index in [4.69, 9.17) is 0 Å². The van der Waals surface area contributed by atoms with Gasteiger partial charge in [0.2, 0.25) is 5.91 Å². The number of hydrogen-bond donors (Lipinski definition) is 2. The number of rotatable bonds is 4. The summed E-state index contributed by atoms with van der Waals surface area (Å²) in [6.45, 7) is 3.79. The topological polar surface area (TPSA) is 66.9 Å². The second kappa shape index (κ2) is 7.33. The molecule has 6 heteroatoms. The predicted octanol–water partition coefficient (Wildman–Crippen LogP) is 2.36. The summed E-state index contributed by atoms with van der Waals surface area (Å²) in [6.07, 6.45) is 3.30. The van der Waals surface area contributed by atoms with Crippen LogP contribution in [0.5, 0.6) is 0 Å². The number of nitrogens with one attached hydrogen (secondary N) is 2. The molecule has 22 heavy (non-hydrogen) atoms. The molecule has 1 aromatic heterocycles. The normalized spacial score (nSPS) is 15.3. The van der Waals surface area contributed by atoms with Crippen LogP contribution in [-0.2, 0) is 4.79 Å². The van der Waals surface area contributed by atoms with Crippen LogP contribution in [0.25, 0.3) is 11.4 Å². The third kappa shape index (κ3) is 3.61. The zero-order chi connectivity index (χ0) is 14.7. The van der Waals surface area contributed by atoms with Crippen LogP contribution in [0.3, 0.4) is 0 Å². The van der Waals surface area contributed by atoms with Crippen LogP contribution in [0.15, 0.2) is 42.7 Å². The van der Waals surface area contributed by atoms with Crippen molar-refractivity contribution in [3.8, 4) is 11.4 Å². The Labute approximate surface area is 136 Å². The van der Waals surface area contributed by atoms with Crippen molar-refractivity contribution in [2.24, 2.45) is 11.8 Å². The van der Waals surface area contributed by atoms with Crippen molar-refractivity contribution < 1.29 is 4.79 Å². The Kier molecular flexibility index (Phi) is 5.46. The molecule has 5 nitrogen and oxygen atoms in total. The van der Waals surface area contributed by atoms with Crippen LogP contribution < -0.4 is 10.6 Å². The first-order chi connectivity index (χ1) is 10.2. The number of halogens is 1. The van der Waals surface area contributed by atoms with Crippen molar-refractivity contribution in [2.75, 3.05) is 18.4 Å². The molecule has 0 spiro atoms. The second-order valence-corrected chi connectivity index (χ2v) is 5.36. The quantitative estimate of drug-likeness (QED) is 0.908. The smallest absolute Gasteiger partial charge is 0.227 e. The number of amides is 1. The third-order valence-corrected chi connectivity index (χ3v) is 3.89. The molecule has 1 aliphatic rings. The van der Waals surface area contributed by atoms with E-state index in [-0.39, 0.29) is 24.2 Å². The highest BCUT2D eigenvalue weighted by molar-refractivity contribution is 5.92. The molecule has 0 bridgehead atoms. The Morgan fingerprint density at radius 3 is 2.41 bits per heavy atom. The van der Waals surface area contributed by atoms with E-state index in [0.717, 1.165) is 18.7 Å². The standard InChI is InChI=1S/C16H18N4O.ClH/c1-11(13-7-17-8-13)16(21)20-14-9-18-15(19-10-14)12-5-3-2-4-6-12;/h2-6,9-11,13,17H,7-8H2,1H3,(H,20,21);1H. The van der Waals surface area contributed by atoms with Crippen LogP contribution in [-0.4, -0.2) is 29.0 Å². The lowest BCUT2D eigenvalue weighted by molar-refractivity contribution is -0.121. The Bertz CT molecular complexity index is 614. The van der Waals surface area contributed by atoms with Gasteiger partial charge in [0.15, 0.2) is 5.82 Å². The van der Waals surface area contributed by atoms with Gasteiger partial charge in [-0.25, -0.2) is 9.97 Å². The average Bonchev–Trinajstić information content (AvgIpc) is 2.47. The van der Waals surface area contributed by atoms with Gasteiger partial charge in [-0.1, -0.05) is 37.3 Å². The summed E-state index contributed by atoms with van der Waals surface area (Å²) in [6, 6.07) is 9.76. The lowest BCUT2D eigenvalue weighted by Gasteiger charge is -2.31. The number of anilines is 1. The van der Waals surface area contributed by atoms with Gasteiger partial charge in [-0.15, -0.1) is 12.4 Å². The molecule has 0 radical (unpaired) electrons. The van der Waals surface area contributed by atoms with Crippen molar-refractivity contribution in [1.82, 2.24) is 15.3 Å². The second-order valence-electron chi connectivity index (χ2n) is 5.36. The fourth-order valence-corrected chi connectivity index (χ4v) is 2.26. The van der Waals surface area contributed by atoms with E-state index in [2.05, 4.69) is 20.6 Å². The van der Waals surface area contributed by atoms with Crippen molar-refractivity contribution >= 4 is 24.0 Å². The van der Waals surface area contributed by atoms with E-state index in [1.807, 2.05) is 37.3 Å². The fraction of sp³-hybridized carbons (Fsp3) is 0.312. The summed E-state index contributed by atoms with van der Waals surface area (Å²) in [4.78, 5) is 20.7. The molecule has 1 fully saturated rings. The SMILES string of the molecule is CC(C(=O)Nc1cnc(-c2ccccc2)nc1)C1CNC1.Cl. The first kappa shape index (κ1) is 16.4. The van der Waals surface area contributed by atoms with Gasteiger partial charge in [-0.3, -0.25) is 4.79 Å². The van der Waals surface area contributed by atoms with Crippen LogP contribution in [0, 0.1) is 11.8 Å². The van der Waals surface area contributed by atoms with Crippen molar-refractivity contribution in [2.45, 2.75) is 6.92 Å². The van der Waals surface area contributed by atoms with Crippen molar-refractivity contribution in [1.29, 1.82) is 0 Å². The summed E-state index contributed by atoms with van der Waals surface area (Å²) in [5, 5.41) is 6.06. The molecule has 2 N–H and O–H groups in total. The maximum absolute atomic E-state index is 12.1. The number of nitrogens with zero attached hydrogens (tertiary/aromatic N) is 2. The number of carbonyl (C=O) groups is 1. The van der Waals surface area contributed by atoms with E-state index >= 15 is 0 Å². The van der Waals surface area contributed by atoms with E-state index < -0.39 is 0 Å². The van der Waals surface area contributed by atoms with Gasteiger partial charge in [-0.2, -0.15) is 0 Å². The highest BCUT2D eigenvalue weighted by Gasteiger charge is 2.28. The zero-order valence-electron chi connectivity index (χ0n) is 12.3. The molecule has 116 valence electrons. The maximum Gasteiger partial charge on any atom is 0.227 e. The molecule has 2 aromatic rings. The van der Waals surface area contributed by atoms with Gasteiger partial charge < -0.3 is 10.6 Å². The summed E-state index contributed by atoms with van der Waals surface area (Å²) in [5.41, 5.74) is 1.60. The van der Waals surface area contributed by atoms with E-state index in [1.165, 1.54) is 0 Å². The van der Waals surface area contributed by atoms with Gasteiger partial charge in [0.05, 0.1) is 18.1 Å². The molecule has 1 saturated heterocycles. The molecular formula is C16H19ClN4O. The Hall–Kier alpha value is -1.98. The molecule has 1 unspecified atom stereocenters. The Balaban J connectivity index is 0.00000176. The van der Waals surface area contributed by atoms with Gasteiger partial charge >= 0.3 is 0 Å². The van der Waals surface area contributed by atoms with Crippen LogP contribution in [0.2, 0.25) is 0 Å². The lowest BCUT2D eigenvalue weighted by atomic mass is 9.88. The minimum atomic E-state index is 0. The summed E-state index contributed by atoms with van der Waals surface area (Å²) >= 11 is 0. The highest BCUT2D eigenvalue weighted by atomic mass is 35.5.